The number of carboxylic acids is 1. The summed E-state index contributed by atoms with van der Waals surface area (Å²) in [6, 6.07) is 5.28. The Bertz CT molecular complexity index is 494. The third-order valence-electron chi connectivity index (χ3n) is 2.48. The fourth-order valence-electron chi connectivity index (χ4n) is 1.56. The first-order valence-corrected chi connectivity index (χ1v) is 5.98. The predicted octanol–water partition coefficient (Wildman–Crippen LogP) is 1.86. The highest BCUT2D eigenvalue weighted by Gasteiger charge is 2.04. The molecule has 0 spiro atoms. The van der Waals surface area contributed by atoms with Gasteiger partial charge in [-0.1, -0.05) is 6.07 Å². The number of carboxylic acid groups (broad SMARTS) is 1. The van der Waals surface area contributed by atoms with Crippen molar-refractivity contribution in [2.45, 2.75) is 19.8 Å². The standard InChI is InChI=1S/C14H17NO4/c1-2-19-14(18)8-4-10-3-6-12(15)11(9-10)5-7-13(16)17/h3,5-7,9H,2,4,8,15H2,1H3,(H,16,17). The van der Waals surface area contributed by atoms with Crippen LogP contribution in [0.3, 0.4) is 0 Å². The van der Waals surface area contributed by atoms with E-state index in [4.69, 9.17) is 15.6 Å². The lowest BCUT2D eigenvalue weighted by Gasteiger charge is -2.05. The molecule has 0 heterocycles. The first kappa shape index (κ1) is 14.8. The van der Waals surface area contributed by atoms with Gasteiger partial charge in [0.15, 0.2) is 0 Å². The summed E-state index contributed by atoms with van der Waals surface area (Å²) in [5, 5.41) is 8.58. The lowest BCUT2D eigenvalue weighted by molar-refractivity contribution is -0.143. The van der Waals surface area contributed by atoms with Gasteiger partial charge in [-0.2, -0.15) is 0 Å². The van der Waals surface area contributed by atoms with Crippen LogP contribution in [0, 0.1) is 0 Å². The van der Waals surface area contributed by atoms with Gasteiger partial charge in [0.2, 0.25) is 0 Å². The molecule has 0 aliphatic carbocycles. The highest BCUT2D eigenvalue weighted by Crippen LogP contribution is 2.17. The van der Waals surface area contributed by atoms with E-state index in [0.29, 0.717) is 30.7 Å². The number of carbonyl (C=O) groups is 2. The molecule has 0 aromatic heterocycles. The molecule has 0 saturated carbocycles. The Morgan fingerprint density at radius 2 is 2.16 bits per heavy atom. The fourth-order valence-corrected chi connectivity index (χ4v) is 1.56. The summed E-state index contributed by atoms with van der Waals surface area (Å²) in [7, 11) is 0. The average Bonchev–Trinajstić information content (AvgIpc) is 2.36. The monoisotopic (exact) mass is 263 g/mol. The summed E-state index contributed by atoms with van der Waals surface area (Å²) < 4.78 is 4.84. The zero-order chi connectivity index (χ0) is 14.3. The van der Waals surface area contributed by atoms with Crippen molar-refractivity contribution < 1.29 is 19.4 Å². The molecule has 5 heteroatoms. The van der Waals surface area contributed by atoms with Gasteiger partial charge in [-0.05, 0) is 42.7 Å². The third-order valence-corrected chi connectivity index (χ3v) is 2.48. The summed E-state index contributed by atoms with van der Waals surface area (Å²) in [4.78, 5) is 21.7. The average molecular weight is 263 g/mol. The van der Waals surface area contributed by atoms with Crippen molar-refractivity contribution in [2.24, 2.45) is 0 Å². The smallest absolute Gasteiger partial charge is 0.328 e. The van der Waals surface area contributed by atoms with Gasteiger partial charge < -0.3 is 15.6 Å². The molecule has 102 valence electrons. The zero-order valence-corrected chi connectivity index (χ0v) is 10.8. The summed E-state index contributed by atoms with van der Waals surface area (Å²) in [6.07, 6.45) is 3.29. The molecule has 0 fully saturated rings. The van der Waals surface area contributed by atoms with E-state index < -0.39 is 5.97 Å². The molecular formula is C14H17NO4. The second kappa shape index (κ2) is 7.20. The normalized spacial score (nSPS) is 10.6. The molecule has 0 saturated heterocycles. The van der Waals surface area contributed by atoms with Gasteiger partial charge in [-0.25, -0.2) is 4.79 Å². The molecule has 0 aliphatic heterocycles. The van der Waals surface area contributed by atoms with Gasteiger partial charge in [0.25, 0.3) is 0 Å². The molecule has 1 aromatic rings. The van der Waals surface area contributed by atoms with E-state index in [0.717, 1.165) is 11.6 Å². The Kier molecular flexibility index (Phi) is 5.60. The zero-order valence-electron chi connectivity index (χ0n) is 10.8. The van der Waals surface area contributed by atoms with E-state index in [1.807, 2.05) is 6.07 Å². The Hall–Kier alpha value is -2.30. The number of ether oxygens (including phenoxy) is 1. The molecule has 0 radical (unpaired) electrons. The number of esters is 1. The maximum atomic E-state index is 11.2. The van der Waals surface area contributed by atoms with Gasteiger partial charge in [-0.15, -0.1) is 0 Å². The first-order chi connectivity index (χ1) is 9.02. The van der Waals surface area contributed by atoms with Crippen LogP contribution in [-0.2, 0) is 20.7 Å². The van der Waals surface area contributed by atoms with Crippen molar-refractivity contribution in [3.63, 3.8) is 0 Å². The molecule has 19 heavy (non-hydrogen) atoms. The second-order valence-corrected chi connectivity index (χ2v) is 3.94. The molecule has 0 unspecified atom stereocenters. The van der Waals surface area contributed by atoms with E-state index in [2.05, 4.69) is 0 Å². The van der Waals surface area contributed by atoms with Gasteiger partial charge >= 0.3 is 11.9 Å². The molecule has 3 N–H and O–H groups in total. The highest BCUT2D eigenvalue weighted by molar-refractivity contribution is 5.86. The molecule has 0 aliphatic rings. The number of aliphatic carboxylic acids is 1. The summed E-state index contributed by atoms with van der Waals surface area (Å²) in [6.45, 7) is 2.13. The topological polar surface area (TPSA) is 89.6 Å². The first-order valence-electron chi connectivity index (χ1n) is 5.98. The van der Waals surface area contributed by atoms with Crippen molar-refractivity contribution in [1.29, 1.82) is 0 Å². The van der Waals surface area contributed by atoms with Crippen LogP contribution in [0.5, 0.6) is 0 Å². The minimum atomic E-state index is -1.03. The van der Waals surface area contributed by atoms with Crippen LogP contribution in [-0.4, -0.2) is 23.7 Å². The van der Waals surface area contributed by atoms with E-state index >= 15 is 0 Å². The molecule has 1 aromatic carbocycles. The number of nitrogen functional groups attached to an aromatic ring is 1. The number of nitrogens with two attached hydrogens (primary N) is 1. The second-order valence-electron chi connectivity index (χ2n) is 3.94. The molecule has 5 nitrogen and oxygen atoms in total. The Morgan fingerprint density at radius 3 is 2.79 bits per heavy atom. The minimum absolute atomic E-state index is 0.248. The number of carbonyl (C=O) groups excluding carboxylic acids is 1. The fraction of sp³-hybridized carbons (Fsp3) is 0.286. The van der Waals surface area contributed by atoms with E-state index in [1.165, 1.54) is 6.08 Å². The van der Waals surface area contributed by atoms with Crippen molar-refractivity contribution in [3.8, 4) is 0 Å². The van der Waals surface area contributed by atoms with E-state index in [9.17, 15) is 9.59 Å². The third kappa shape index (κ3) is 5.25. The largest absolute Gasteiger partial charge is 0.478 e. The number of anilines is 1. The Morgan fingerprint density at radius 1 is 1.42 bits per heavy atom. The Balaban J connectivity index is 2.73. The number of rotatable bonds is 6. The summed E-state index contributed by atoms with van der Waals surface area (Å²) in [5.41, 5.74) is 7.78. The van der Waals surface area contributed by atoms with Gasteiger partial charge in [-0.3, -0.25) is 4.79 Å². The van der Waals surface area contributed by atoms with Gasteiger partial charge in [0.05, 0.1) is 6.61 Å². The number of benzene rings is 1. The van der Waals surface area contributed by atoms with Crippen molar-refractivity contribution >= 4 is 23.7 Å². The van der Waals surface area contributed by atoms with Crippen molar-refractivity contribution in [2.75, 3.05) is 12.3 Å². The van der Waals surface area contributed by atoms with Crippen LogP contribution >= 0.6 is 0 Å². The van der Waals surface area contributed by atoms with Crippen LogP contribution < -0.4 is 5.73 Å². The minimum Gasteiger partial charge on any atom is -0.478 e. The maximum absolute atomic E-state index is 11.2. The molecular weight excluding hydrogens is 246 g/mol. The van der Waals surface area contributed by atoms with Gasteiger partial charge in [0, 0.05) is 18.2 Å². The van der Waals surface area contributed by atoms with Crippen molar-refractivity contribution in [3.05, 3.63) is 35.4 Å². The summed E-state index contributed by atoms with van der Waals surface area (Å²) >= 11 is 0. The van der Waals surface area contributed by atoms with Crippen LogP contribution in [0.4, 0.5) is 5.69 Å². The summed E-state index contributed by atoms with van der Waals surface area (Å²) in [5.74, 6) is -1.28. The number of aryl methyl sites for hydroxylation is 1. The lowest BCUT2D eigenvalue weighted by Crippen LogP contribution is -2.05. The molecule has 1 rings (SSSR count). The van der Waals surface area contributed by atoms with Crippen LogP contribution in [0.1, 0.15) is 24.5 Å². The molecule has 0 amide bonds. The number of hydrogen-bond acceptors (Lipinski definition) is 4. The van der Waals surface area contributed by atoms with E-state index in [1.54, 1.807) is 19.1 Å². The predicted molar refractivity (Wildman–Crippen MR) is 72.5 cm³/mol. The SMILES string of the molecule is CCOC(=O)CCc1ccc(N)c(C=CC(=O)O)c1. The van der Waals surface area contributed by atoms with E-state index in [-0.39, 0.29) is 5.97 Å². The molecule has 0 atom stereocenters. The highest BCUT2D eigenvalue weighted by atomic mass is 16.5. The van der Waals surface area contributed by atoms with Crippen molar-refractivity contribution in [1.82, 2.24) is 0 Å². The quantitative estimate of drug-likeness (QED) is 0.464. The van der Waals surface area contributed by atoms with Crippen LogP contribution in [0.25, 0.3) is 6.08 Å². The Labute approximate surface area is 111 Å². The number of hydrogen-bond donors (Lipinski definition) is 2. The lowest BCUT2D eigenvalue weighted by atomic mass is 10.0. The maximum Gasteiger partial charge on any atom is 0.328 e. The van der Waals surface area contributed by atoms with Crippen LogP contribution in [0.2, 0.25) is 0 Å². The van der Waals surface area contributed by atoms with Crippen LogP contribution in [0.15, 0.2) is 24.3 Å². The molecule has 0 bridgehead atoms. The van der Waals surface area contributed by atoms with Gasteiger partial charge in [0.1, 0.15) is 0 Å².